The first-order valence-electron chi connectivity index (χ1n) is 8.39. The van der Waals surface area contributed by atoms with Gasteiger partial charge in [0.25, 0.3) is 0 Å². The number of nitrogens with one attached hydrogen (secondary N) is 1. The summed E-state index contributed by atoms with van der Waals surface area (Å²) in [5.74, 6) is -1.15. The average molecular weight is 387 g/mol. The largest absolute Gasteiger partial charge is 0.496 e. The van der Waals surface area contributed by atoms with Gasteiger partial charge < -0.3 is 4.74 Å². The molecule has 1 fully saturated rings. The zero-order valence-corrected chi connectivity index (χ0v) is 15.0. The number of fused-ring (bicyclic) bond motifs is 1. The minimum absolute atomic E-state index is 0.0413. The number of benzene rings is 2. The van der Waals surface area contributed by atoms with Crippen LogP contribution < -0.4 is 9.46 Å². The van der Waals surface area contributed by atoms with Gasteiger partial charge in [-0.3, -0.25) is 0 Å². The molecule has 0 radical (unpaired) electrons. The second kappa shape index (κ2) is 7.08. The highest BCUT2D eigenvalue weighted by Gasteiger charge is 2.46. The number of hydrogen-bond donors (Lipinski definition) is 1. The van der Waals surface area contributed by atoms with Gasteiger partial charge in [0.05, 0.1) is 17.9 Å². The molecule has 142 valence electrons. The van der Waals surface area contributed by atoms with Crippen LogP contribution in [0.25, 0.3) is 10.8 Å². The SMILES string of the molecule is COc1ccc(S(=O)(=O)NC2CCCCC2C(F)(F)F)c2ccccc12. The van der Waals surface area contributed by atoms with Crippen LogP contribution in [0.3, 0.4) is 0 Å². The van der Waals surface area contributed by atoms with Crippen molar-refractivity contribution >= 4 is 20.8 Å². The van der Waals surface area contributed by atoms with E-state index in [1.165, 1.54) is 19.2 Å². The van der Waals surface area contributed by atoms with Crippen molar-refractivity contribution in [1.82, 2.24) is 4.72 Å². The minimum Gasteiger partial charge on any atom is -0.496 e. The molecule has 0 amide bonds. The summed E-state index contributed by atoms with van der Waals surface area (Å²) in [6.45, 7) is 0. The molecule has 0 heterocycles. The Balaban J connectivity index is 2.00. The van der Waals surface area contributed by atoms with E-state index in [-0.39, 0.29) is 17.7 Å². The Bertz CT molecular complexity index is 896. The molecule has 0 aliphatic heterocycles. The van der Waals surface area contributed by atoms with Gasteiger partial charge in [-0.25, -0.2) is 13.1 Å². The van der Waals surface area contributed by atoms with Crippen molar-refractivity contribution in [1.29, 1.82) is 0 Å². The van der Waals surface area contributed by atoms with Gasteiger partial charge in [0.15, 0.2) is 0 Å². The van der Waals surface area contributed by atoms with E-state index in [0.29, 0.717) is 29.4 Å². The molecule has 1 aliphatic rings. The van der Waals surface area contributed by atoms with Crippen LogP contribution in [0.4, 0.5) is 13.2 Å². The first kappa shape index (κ1) is 19.0. The van der Waals surface area contributed by atoms with Crippen molar-refractivity contribution in [2.45, 2.75) is 42.8 Å². The summed E-state index contributed by atoms with van der Waals surface area (Å²) in [7, 11) is -2.63. The predicted molar refractivity (Wildman–Crippen MR) is 92.6 cm³/mol. The van der Waals surface area contributed by atoms with Crippen molar-refractivity contribution in [3.8, 4) is 5.75 Å². The van der Waals surface area contributed by atoms with E-state index in [1.54, 1.807) is 24.3 Å². The zero-order chi connectivity index (χ0) is 18.9. The molecule has 2 unspecified atom stereocenters. The summed E-state index contributed by atoms with van der Waals surface area (Å²) < 4.78 is 73.1. The Hall–Kier alpha value is -1.80. The molecule has 26 heavy (non-hydrogen) atoms. The monoisotopic (exact) mass is 387 g/mol. The summed E-state index contributed by atoms with van der Waals surface area (Å²) >= 11 is 0. The topological polar surface area (TPSA) is 55.4 Å². The van der Waals surface area contributed by atoms with Crippen LogP contribution in [0.1, 0.15) is 25.7 Å². The lowest BCUT2D eigenvalue weighted by Crippen LogP contribution is -2.47. The molecule has 0 bridgehead atoms. The lowest BCUT2D eigenvalue weighted by molar-refractivity contribution is -0.187. The van der Waals surface area contributed by atoms with E-state index < -0.39 is 28.2 Å². The van der Waals surface area contributed by atoms with E-state index in [2.05, 4.69) is 4.72 Å². The number of alkyl halides is 3. The lowest BCUT2D eigenvalue weighted by Gasteiger charge is -2.33. The van der Waals surface area contributed by atoms with Crippen LogP contribution in [0, 0.1) is 5.92 Å². The molecule has 1 N–H and O–H groups in total. The predicted octanol–water partition coefficient (Wildman–Crippen LogP) is 4.25. The quantitative estimate of drug-likeness (QED) is 0.853. The van der Waals surface area contributed by atoms with Gasteiger partial charge in [0.2, 0.25) is 10.0 Å². The van der Waals surface area contributed by atoms with Crippen LogP contribution >= 0.6 is 0 Å². The van der Waals surface area contributed by atoms with Crippen molar-refractivity contribution < 1.29 is 26.3 Å². The number of halogens is 3. The number of hydrogen-bond acceptors (Lipinski definition) is 3. The van der Waals surface area contributed by atoms with Gasteiger partial charge in [-0.2, -0.15) is 13.2 Å². The van der Waals surface area contributed by atoms with Gasteiger partial charge >= 0.3 is 6.18 Å². The second-order valence-electron chi connectivity index (χ2n) is 6.47. The van der Waals surface area contributed by atoms with Gasteiger partial charge in [-0.15, -0.1) is 0 Å². The van der Waals surface area contributed by atoms with E-state index in [4.69, 9.17) is 4.74 Å². The molecule has 2 atom stereocenters. The van der Waals surface area contributed by atoms with Gasteiger partial charge in [-0.05, 0) is 25.0 Å². The Morgan fingerprint density at radius 1 is 1.04 bits per heavy atom. The number of methoxy groups -OCH3 is 1. The highest BCUT2D eigenvalue weighted by atomic mass is 32.2. The Morgan fingerprint density at radius 2 is 1.69 bits per heavy atom. The molecular formula is C18H20F3NO3S. The third kappa shape index (κ3) is 3.66. The maximum Gasteiger partial charge on any atom is 0.393 e. The number of ether oxygens (including phenoxy) is 1. The van der Waals surface area contributed by atoms with Crippen molar-refractivity contribution in [2.24, 2.45) is 5.92 Å². The standard InChI is InChI=1S/C18H20F3NO3S/c1-25-16-10-11-17(13-7-3-2-6-12(13)16)26(23,24)22-15-9-5-4-8-14(15)18(19,20)21/h2-3,6-7,10-11,14-15,22H,4-5,8-9H2,1H3. The molecule has 0 saturated heterocycles. The van der Waals surface area contributed by atoms with Crippen molar-refractivity contribution in [3.05, 3.63) is 36.4 Å². The van der Waals surface area contributed by atoms with E-state index in [9.17, 15) is 21.6 Å². The smallest absolute Gasteiger partial charge is 0.393 e. The molecule has 1 saturated carbocycles. The molecule has 2 aromatic carbocycles. The minimum atomic E-state index is -4.42. The fraction of sp³-hybridized carbons (Fsp3) is 0.444. The maximum atomic E-state index is 13.3. The molecule has 8 heteroatoms. The molecule has 2 aromatic rings. The summed E-state index contributed by atoms with van der Waals surface area (Å²) in [5, 5.41) is 1.01. The lowest BCUT2D eigenvalue weighted by atomic mass is 9.85. The second-order valence-corrected chi connectivity index (χ2v) is 8.15. The van der Waals surface area contributed by atoms with E-state index in [0.717, 1.165) is 0 Å². The first-order valence-corrected chi connectivity index (χ1v) is 9.87. The summed E-state index contributed by atoms with van der Waals surface area (Å²) in [6, 6.07) is 8.50. The fourth-order valence-electron chi connectivity index (χ4n) is 3.58. The summed E-state index contributed by atoms with van der Waals surface area (Å²) in [6.07, 6.45) is -3.27. The van der Waals surface area contributed by atoms with E-state index >= 15 is 0 Å². The van der Waals surface area contributed by atoms with Gasteiger partial charge in [0, 0.05) is 16.8 Å². The third-order valence-electron chi connectivity index (χ3n) is 4.85. The van der Waals surface area contributed by atoms with Crippen molar-refractivity contribution in [2.75, 3.05) is 7.11 Å². The Morgan fingerprint density at radius 3 is 2.35 bits per heavy atom. The average Bonchev–Trinajstić information content (AvgIpc) is 2.60. The van der Waals surface area contributed by atoms with Crippen LogP contribution in [0.2, 0.25) is 0 Å². The van der Waals surface area contributed by atoms with Crippen LogP contribution in [-0.2, 0) is 10.0 Å². The van der Waals surface area contributed by atoms with E-state index in [1.807, 2.05) is 0 Å². The van der Waals surface area contributed by atoms with Crippen LogP contribution in [0.5, 0.6) is 5.75 Å². The molecule has 3 rings (SSSR count). The molecule has 0 aromatic heterocycles. The third-order valence-corrected chi connectivity index (χ3v) is 6.39. The van der Waals surface area contributed by atoms with Gasteiger partial charge in [-0.1, -0.05) is 37.1 Å². The van der Waals surface area contributed by atoms with Crippen LogP contribution in [0.15, 0.2) is 41.3 Å². The normalized spacial score (nSPS) is 21.7. The molecular weight excluding hydrogens is 367 g/mol. The zero-order valence-electron chi connectivity index (χ0n) is 14.2. The fourth-order valence-corrected chi connectivity index (χ4v) is 5.10. The summed E-state index contributed by atoms with van der Waals surface area (Å²) in [5.41, 5.74) is 0. The summed E-state index contributed by atoms with van der Waals surface area (Å²) in [4.78, 5) is -0.0413. The number of rotatable bonds is 4. The maximum absolute atomic E-state index is 13.3. The Labute approximate surface area is 150 Å². The van der Waals surface area contributed by atoms with Gasteiger partial charge in [0.1, 0.15) is 5.75 Å². The first-order chi connectivity index (χ1) is 12.2. The molecule has 0 spiro atoms. The highest BCUT2D eigenvalue weighted by molar-refractivity contribution is 7.89. The molecule has 4 nitrogen and oxygen atoms in total. The van der Waals surface area contributed by atoms with Crippen molar-refractivity contribution in [3.63, 3.8) is 0 Å². The van der Waals surface area contributed by atoms with Crippen LogP contribution in [-0.4, -0.2) is 27.7 Å². The number of sulfonamides is 1. The molecule has 1 aliphatic carbocycles. The highest BCUT2D eigenvalue weighted by Crippen LogP contribution is 2.39. The Kier molecular flexibility index (Phi) is 5.16.